The van der Waals surface area contributed by atoms with Crippen molar-refractivity contribution >= 4 is 5.97 Å². The molecule has 1 rings (SSSR count). The molecule has 1 aromatic carbocycles. The molecule has 0 fully saturated rings. The highest BCUT2D eigenvalue weighted by Gasteiger charge is 2.17. The monoisotopic (exact) mass is 165 g/mol. The summed E-state index contributed by atoms with van der Waals surface area (Å²) in [7, 11) is 0. The van der Waals surface area contributed by atoms with E-state index < -0.39 is 5.97 Å². The summed E-state index contributed by atoms with van der Waals surface area (Å²) in [6, 6.07) is 6.36. The molecule has 0 saturated heterocycles. The number of rotatable bonds is 2. The van der Waals surface area contributed by atoms with Gasteiger partial charge in [-0.3, -0.25) is 4.79 Å². The lowest BCUT2D eigenvalue weighted by Crippen LogP contribution is -2.08. The molecule has 0 bridgehead atoms. The van der Waals surface area contributed by atoms with E-state index >= 15 is 0 Å². The number of carboxylic acid groups (broad SMARTS) is 1. The maximum atomic E-state index is 10.5. The van der Waals surface area contributed by atoms with Gasteiger partial charge in [-0.1, -0.05) is 18.2 Å². The molecule has 0 unspecified atom stereocenters. The SMILES string of the molecule is C[C](C(=O)O)c1ccccc1O. The average molecular weight is 165 g/mol. The van der Waals surface area contributed by atoms with Gasteiger partial charge in [0.25, 0.3) is 0 Å². The number of aromatic hydroxyl groups is 1. The highest BCUT2D eigenvalue weighted by atomic mass is 16.4. The lowest BCUT2D eigenvalue weighted by atomic mass is 10.0. The van der Waals surface area contributed by atoms with Gasteiger partial charge in [0, 0.05) is 5.56 Å². The van der Waals surface area contributed by atoms with E-state index in [1.807, 2.05) is 0 Å². The third kappa shape index (κ3) is 1.56. The molecule has 12 heavy (non-hydrogen) atoms. The van der Waals surface area contributed by atoms with Gasteiger partial charge in [0.1, 0.15) is 11.7 Å². The van der Waals surface area contributed by atoms with Crippen LogP contribution >= 0.6 is 0 Å². The fourth-order valence-electron chi connectivity index (χ4n) is 0.906. The van der Waals surface area contributed by atoms with Crippen LogP contribution in [-0.4, -0.2) is 16.2 Å². The number of phenolic OH excluding ortho intramolecular Hbond substituents is 1. The van der Waals surface area contributed by atoms with Crippen molar-refractivity contribution in [1.29, 1.82) is 0 Å². The number of carboxylic acids is 1. The Kier molecular flexibility index (Phi) is 2.33. The number of phenols is 1. The van der Waals surface area contributed by atoms with Crippen LogP contribution in [0.3, 0.4) is 0 Å². The molecule has 0 aliphatic rings. The quantitative estimate of drug-likeness (QED) is 0.696. The van der Waals surface area contributed by atoms with Crippen LogP contribution in [0.4, 0.5) is 0 Å². The van der Waals surface area contributed by atoms with Crippen LogP contribution in [-0.2, 0) is 4.79 Å². The van der Waals surface area contributed by atoms with Gasteiger partial charge >= 0.3 is 5.97 Å². The van der Waals surface area contributed by atoms with Crippen LogP contribution in [0.1, 0.15) is 12.5 Å². The predicted molar refractivity (Wildman–Crippen MR) is 43.8 cm³/mol. The van der Waals surface area contributed by atoms with Crippen LogP contribution in [0.25, 0.3) is 0 Å². The summed E-state index contributed by atoms with van der Waals surface area (Å²) in [5.74, 6) is -0.873. The number of benzene rings is 1. The van der Waals surface area contributed by atoms with Crippen LogP contribution in [0.2, 0.25) is 0 Å². The number of para-hydroxylation sites is 1. The Morgan fingerprint density at radius 1 is 1.33 bits per heavy atom. The Hall–Kier alpha value is -1.51. The Bertz CT molecular complexity index is 294. The Balaban J connectivity index is 3.02. The van der Waals surface area contributed by atoms with E-state index in [9.17, 15) is 9.90 Å². The van der Waals surface area contributed by atoms with Crippen molar-refractivity contribution in [3.05, 3.63) is 35.7 Å². The van der Waals surface area contributed by atoms with Crippen molar-refractivity contribution in [2.45, 2.75) is 6.92 Å². The van der Waals surface area contributed by atoms with Gasteiger partial charge in [-0.2, -0.15) is 0 Å². The van der Waals surface area contributed by atoms with E-state index in [1.54, 1.807) is 18.2 Å². The minimum atomic E-state index is -1.02. The Morgan fingerprint density at radius 3 is 2.42 bits per heavy atom. The zero-order chi connectivity index (χ0) is 9.14. The average Bonchev–Trinajstić information content (AvgIpc) is 2.04. The molecule has 0 heterocycles. The fourth-order valence-corrected chi connectivity index (χ4v) is 0.906. The van der Waals surface area contributed by atoms with Crippen molar-refractivity contribution in [3.63, 3.8) is 0 Å². The summed E-state index contributed by atoms with van der Waals surface area (Å²) < 4.78 is 0. The van der Waals surface area contributed by atoms with Gasteiger partial charge in [-0.25, -0.2) is 0 Å². The van der Waals surface area contributed by atoms with Crippen LogP contribution in [0.15, 0.2) is 24.3 Å². The minimum absolute atomic E-state index is 0.00241. The molecule has 0 spiro atoms. The van der Waals surface area contributed by atoms with Gasteiger partial charge in [0.05, 0.1) is 0 Å². The number of hydrogen-bond donors (Lipinski definition) is 2. The lowest BCUT2D eigenvalue weighted by molar-refractivity contribution is -0.134. The molecule has 0 atom stereocenters. The summed E-state index contributed by atoms with van der Waals surface area (Å²) in [4.78, 5) is 10.5. The Morgan fingerprint density at radius 2 is 1.92 bits per heavy atom. The Labute approximate surface area is 70.3 Å². The zero-order valence-electron chi connectivity index (χ0n) is 6.61. The molecule has 3 heteroatoms. The molecule has 0 aromatic heterocycles. The normalized spacial score (nSPS) is 10.2. The lowest BCUT2D eigenvalue weighted by Gasteiger charge is -2.06. The van der Waals surface area contributed by atoms with Crippen molar-refractivity contribution < 1.29 is 15.0 Å². The van der Waals surface area contributed by atoms with E-state index in [0.717, 1.165) is 0 Å². The van der Waals surface area contributed by atoms with E-state index in [2.05, 4.69) is 0 Å². The van der Waals surface area contributed by atoms with E-state index in [-0.39, 0.29) is 11.7 Å². The first kappa shape index (κ1) is 8.59. The van der Waals surface area contributed by atoms with Crippen molar-refractivity contribution in [2.75, 3.05) is 0 Å². The topological polar surface area (TPSA) is 57.5 Å². The molecule has 2 N–H and O–H groups in total. The molecular formula is C9H9O3. The summed E-state index contributed by atoms with van der Waals surface area (Å²) in [6.45, 7) is 1.46. The molecule has 1 radical (unpaired) electrons. The number of carbonyl (C=O) groups is 1. The second-order valence-electron chi connectivity index (χ2n) is 2.45. The molecule has 0 aliphatic carbocycles. The maximum absolute atomic E-state index is 10.5. The minimum Gasteiger partial charge on any atom is -0.508 e. The molecule has 0 aliphatic heterocycles. The molecule has 1 aromatic rings. The first-order chi connectivity index (χ1) is 5.63. The molecule has 63 valence electrons. The molecule has 3 nitrogen and oxygen atoms in total. The molecule has 0 amide bonds. The van der Waals surface area contributed by atoms with Crippen LogP contribution in [0.5, 0.6) is 5.75 Å². The van der Waals surface area contributed by atoms with Crippen LogP contribution < -0.4 is 0 Å². The van der Waals surface area contributed by atoms with E-state index in [0.29, 0.717) is 5.56 Å². The van der Waals surface area contributed by atoms with Gasteiger partial charge in [-0.15, -0.1) is 0 Å². The molecular weight excluding hydrogens is 156 g/mol. The van der Waals surface area contributed by atoms with Gasteiger partial charge < -0.3 is 10.2 Å². The summed E-state index contributed by atoms with van der Waals surface area (Å²) >= 11 is 0. The molecule has 0 saturated carbocycles. The smallest absolute Gasteiger partial charge is 0.315 e. The summed E-state index contributed by atoms with van der Waals surface area (Å²) in [5, 5.41) is 17.9. The van der Waals surface area contributed by atoms with E-state index in [1.165, 1.54) is 13.0 Å². The second kappa shape index (κ2) is 3.26. The van der Waals surface area contributed by atoms with Gasteiger partial charge in [0.15, 0.2) is 0 Å². The van der Waals surface area contributed by atoms with E-state index in [4.69, 9.17) is 5.11 Å². The fraction of sp³-hybridized carbons (Fsp3) is 0.111. The first-order valence-corrected chi connectivity index (χ1v) is 3.48. The van der Waals surface area contributed by atoms with Gasteiger partial charge in [0.2, 0.25) is 0 Å². The third-order valence-electron chi connectivity index (χ3n) is 1.63. The first-order valence-electron chi connectivity index (χ1n) is 3.48. The number of hydrogen-bond acceptors (Lipinski definition) is 2. The summed E-state index contributed by atoms with van der Waals surface area (Å²) in [5.41, 5.74) is 0.366. The van der Waals surface area contributed by atoms with Crippen molar-refractivity contribution in [2.24, 2.45) is 0 Å². The number of aliphatic carboxylic acids is 1. The maximum Gasteiger partial charge on any atom is 0.315 e. The zero-order valence-corrected chi connectivity index (χ0v) is 6.61. The summed E-state index contributed by atoms with van der Waals surface area (Å²) in [6.07, 6.45) is 0. The van der Waals surface area contributed by atoms with Crippen molar-refractivity contribution in [3.8, 4) is 5.75 Å². The third-order valence-corrected chi connectivity index (χ3v) is 1.63. The largest absolute Gasteiger partial charge is 0.508 e. The van der Waals surface area contributed by atoms with Gasteiger partial charge in [-0.05, 0) is 13.0 Å². The predicted octanol–water partition coefficient (Wildman–Crippen LogP) is 1.42. The standard InChI is InChI=1S/C9H9O3/c1-6(9(11)12)7-4-2-3-5-8(7)10/h2-5,10H,1H3,(H,11,12). The highest BCUT2D eigenvalue weighted by Crippen LogP contribution is 2.23. The van der Waals surface area contributed by atoms with Crippen LogP contribution in [0, 0.1) is 5.92 Å². The highest BCUT2D eigenvalue weighted by molar-refractivity contribution is 5.88. The van der Waals surface area contributed by atoms with Crippen molar-refractivity contribution in [1.82, 2.24) is 0 Å². The second-order valence-corrected chi connectivity index (χ2v) is 2.45.